The van der Waals surface area contributed by atoms with Crippen LogP contribution in [0.2, 0.25) is 5.02 Å². The first kappa shape index (κ1) is 11.6. The van der Waals surface area contributed by atoms with Crippen molar-refractivity contribution in [1.82, 2.24) is 0 Å². The van der Waals surface area contributed by atoms with Crippen molar-refractivity contribution in [2.45, 2.75) is 25.4 Å². The van der Waals surface area contributed by atoms with Crippen molar-refractivity contribution in [1.29, 1.82) is 0 Å². The second-order valence-electron chi connectivity index (χ2n) is 4.15. The quantitative estimate of drug-likeness (QED) is 0.886. The van der Waals surface area contributed by atoms with E-state index in [0.29, 0.717) is 22.1 Å². The first-order valence-electron chi connectivity index (χ1n) is 5.17. The van der Waals surface area contributed by atoms with E-state index in [-0.39, 0.29) is 0 Å². The highest BCUT2D eigenvalue weighted by Crippen LogP contribution is 2.54. The van der Waals surface area contributed by atoms with Crippen molar-refractivity contribution in [2.75, 3.05) is 14.2 Å². The maximum atomic E-state index is 10.2. The minimum Gasteiger partial charge on any atom is -0.496 e. The van der Waals surface area contributed by atoms with Gasteiger partial charge in [0.25, 0.3) is 0 Å². The molecule has 0 aromatic heterocycles. The highest BCUT2D eigenvalue weighted by atomic mass is 35.5. The van der Waals surface area contributed by atoms with Crippen LogP contribution in [0.4, 0.5) is 0 Å². The van der Waals surface area contributed by atoms with Crippen molar-refractivity contribution in [3.8, 4) is 11.5 Å². The number of aryl methyl sites for hydroxylation is 1. The molecule has 4 heteroatoms. The van der Waals surface area contributed by atoms with Crippen LogP contribution in [0.15, 0.2) is 6.07 Å². The average molecular weight is 243 g/mol. The van der Waals surface area contributed by atoms with Crippen LogP contribution in [0, 0.1) is 6.92 Å². The molecule has 1 aromatic rings. The number of hydrogen-bond donors (Lipinski definition) is 1. The smallest absolute Gasteiger partial charge is 0.141 e. The molecule has 0 atom stereocenters. The van der Waals surface area contributed by atoms with Crippen LogP contribution < -0.4 is 9.47 Å². The van der Waals surface area contributed by atoms with Crippen LogP contribution in [-0.4, -0.2) is 19.3 Å². The first-order valence-corrected chi connectivity index (χ1v) is 5.55. The molecule has 1 saturated carbocycles. The summed E-state index contributed by atoms with van der Waals surface area (Å²) in [7, 11) is 3.15. The molecule has 16 heavy (non-hydrogen) atoms. The zero-order valence-corrected chi connectivity index (χ0v) is 10.4. The van der Waals surface area contributed by atoms with E-state index in [0.717, 1.165) is 18.4 Å². The lowest BCUT2D eigenvalue weighted by Crippen LogP contribution is -2.09. The summed E-state index contributed by atoms with van der Waals surface area (Å²) in [6.07, 6.45) is 1.44. The molecular weight excluding hydrogens is 228 g/mol. The summed E-state index contributed by atoms with van der Waals surface area (Å²) in [6.45, 7) is 1.90. The number of ether oxygens (including phenoxy) is 2. The Labute approximate surface area is 99.9 Å². The summed E-state index contributed by atoms with van der Waals surface area (Å²) >= 11 is 6.26. The van der Waals surface area contributed by atoms with Gasteiger partial charge >= 0.3 is 0 Å². The zero-order chi connectivity index (χ0) is 11.9. The van der Waals surface area contributed by atoms with Gasteiger partial charge in [0.05, 0.1) is 24.8 Å². The van der Waals surface area contributed by atoms with Gasteiger partial charge in [-0.25, -0.2) is 0 Å². The van der Waals surface area contributed by atoms with Crippen LogP contribution in [0.3, 0.4) is 0 Å². The van der Waals surface area contributed by atoms with E-state index in [1.54, 1.807) is 14.2 Å². The standard InChI is InChI=1S/C12H15ClO3/c1-7-6-8(15-2)9(12(14)4-5-12)10(13)11(7)16-3/h6,14H,4-5H2,1-3H3. The predicted octanol–water partition coefficient (Wildman–Crippen LogP) is 2.65. The molecule has 1 aliphatic carbocycles. The third-order valence-corrected chi connectivity index (χ3v) is 3.34. The zero-order valence-electron chi connectivity index (χ0n) is 9.63. The molecule has 0 bridgehead atoms. The average Bonchev–Trinajstić information content (AvgIpc) is 2.96. The highest BCUT2D eigenvalue weighted by Gasteiger charge is 2.46. The van der Waals surface area contributed by atoms with Gasteiger partial charge in [-0.3, -0.25) is 0 Å². The van der Waals surface area contributed by atoms with Crippen molar-refractivity contribution < 1.29 is 14.6 Å². The van der Waals surface area contributed by atoms with Crippen molar-refractivity contribution in [3.05, 3.63) is 22.2 Å². The molecule has 1 aromatic carbocycles. The van der Waals surface area contributed by atoms with E-state index in [9.17, 15) is 5.11 Å². The molecule has 3 nitrogen and oxygen atoms in total. The Balaban J connectivity index is 2.64. The molecule has 2 rings (SSSR count). The molecule has 88 valence electrons. The highest BCUT2D eigenvalue weighted by molar-refractivity contribution is 6.33. The third kappa shape index (κ3) is 1.64. The van der Waals surface area contributed by atoms with Gasteiger partial charge in [-0.2, -0.15) is 0 Å². The Hall–Kier alpha value is -0.930. The summed E-state index contributed by atoms with van der Waals surface area (Å²) in [5, 5.41) is 10.6. The fourth-order valence-corrected chi connectivity index (χ4v) is 2.44. The maximum absolute atomic E-state index is 10.2. The Morgan fingerprint density at radius 3 is 2.38 bits per heavy atom. The fourth-order valence-electron chi connectivity index (χ4n) is 1.94. The van der Waals surface area contributed by atoms with E-state index in [2.05, 4.69) is 0 Å². The number of methoxy groups -OCH3 is 2. The summed E-state index contributed by atoms with van der Waals surface area (Å²) in [4.78, 5) is 0. The maximum Gasteiger partial charge on any atom is 0.141 e. The van der Waals surface area contributed by atoms with Crippen LogP contribution in [0.5, 0.6) is 11.5 Å². The fraction of sp³-hybridized carbons (Fsp3) is 0.500. The molecule has 0 aliphatic heterocycles. The Bertz CT molecular complexity index is 425. The molecule has 0 spiro atoms. The second kappa shape index (κ2) is 3.82. The van der Waals surface area contributed by atoms with E-state index in [1.165, 1.54) is 0 Å². The minimum atomic E-state index is -0.830. The lowest BCUT2D eigenvalue weighted by atomic mass is 10.0. The number of rotatable bonds is 3. The molecule has 0 saturated heterocycles. The van der Waals surface area contributed by atoms with Crippen molar-refractivity contribution >= 4 is 11.6 Å². The van der Waals surface area contributed by atoms with Crippen LogP contribution in [-0.2, 0) is 5.60 Å². The molecule has 1 N–H and O–H groups in total. The van der Waals surface area contributed by atoms with E-state index >= 15 is 0 Å². The van der Waals surface area contributed by atoms with Gasteiger partial charge in [-0.1, -0.05) is 11.6 Å². The van der Waals surface area contributed by atoms with Crippen molar-refractivity contribution in [2.24, 2.45) is 0 Å². The summed E-state index contributed by atoms with van der Waals surface area (Å²) in [5.41, 5.74) is 0.722. The van der Waals surface area contributed by atoms with Crippen LogP contribution in [0.25, 0.3) is 0 Å². The first-order chi connectivity index (χ1) is 7.53. The van der Waals surface area contributed by atoms with Gasteiger partial charge in [-0.15, -0.1) is 0 Å². The molecule has 0 unspecified atom stereocenters. The second-order valence-corrected chi connectivity index (χ2v) is 4.53. The number of aliphatic hydroxyl groups is 1. The van der Waals surface area contributed by atoms with Gasteiger partial charge in [-0.05, 0) is 31.4 Å². The summed E-state index contributed by atoms with van der Waals surface area (Å²) in [5.74, 6) is 1.24. The van der Waals surface area contributed by atoms with Gasteiger partial charge in [0, 0.05) is 5.56 Å². The minimum absolute atomic E-state index is 0.458. The lowest BCUT2D eigenvalue weighted by molar-refractivity contribution is 0.147. The van der Waals surface area contributed by atoms with E-state index in [1.807, 2.05) is 13.0 Å². The van der Waals surface area contributed by atoms with Gasteiger partial charge in [0.15, 0.2) is 0 Å². The SMILES string of the molecule is COc1cc(C)c(OC)c(Cl)c1C1(O)CC1. The largest absolute Gasteiger partial charge is 0.496 e. The Morgan fingerprint density at radius 1 is 1.31 bits per heavy atom. The van der Waals surface area contributed by atoms with E-state index < -0.39 is 5.60 Å². The molecular formula is C12H15ClO3. The van der Waals surface area contributed by atoms with Crippen molar-refractivity contribution in [3.63, 3.8) is 0 Å². The predicted molar refractivity (Wildman–Crippen MR) is 62.4 cm³/mol. The molecule has 0 heterocycles. The Morgan fingerprint density at radius 2 is 1.94 bits per heavy atom. The van der Waals surface area contributed by atoms with Crippen LogP contribution in [0.1, 0.15) is 24.0 Å². The Kier molecular flexibility index (Phi) is 2.76. The van der Waals surface area contributed by atoms with Gasteiger partial charge in [0.1, 0.15) is 11.5 Å². The van der Waals surface area contributed by atoms with E-state index in [4.69, 9.17) is 21.1 Å². The molecule has 0 radical (unpaired) electrons. The van der Waals surface area contributed by atoms with Gasteiger partial charge in [0.2, 0.25) is 0 Å². The normalized spacial score (nSPS) is 17.1. The number of halogens is 1. The molecule has 1 aliphatic rings. The van der Waals surface area contributed by atoms with Gasteiger partial charge < -0.3 is 14.6 Å². The lowest BCUT2D eigenvalue weighted by Gasteiger charge is -2.19. The van der Waals surface area contributed by atoms with Crippen LogP contribution >= 0.6 is 11.6 Å². The molecule has 1 fully saturated rings. The molecule has 0 amide bonds. The monoisotopic (exact) mass is 242 g/mol. The topological polar surface area (TPSA) is 38.7 Å². The number of hydrogen-bond acceptors (Lipinski definition) is 3. The summed E-state index contributed by atoms with van der Waals surface area (Å²) < 4.78 is 10.5. The number of benzene rings is 1. The summed E-state index contributed by atoms with van der Waals surface area (Å²) in [6, 6.07) is 1.84. The third-order valence-electron chi connectivity index (χ3n) is 2.98.